The van der Waals surface area contributed by atoms with Crippen LogP contribution in [0.3, 0.4) is 0 Å². The fourth-order valence-electron chi connectivity index (χ4n) is 2.26. The Bertz CT molecular complexity index is 669. The van der Waals surface area contributed by atoms with Gasteiger partial charge in [-0.3, -0.25) is 4.79 Å². The van der Waals surface area contributed by atoms with Crippen molar-refractivity contribution in [3.05, 3.63) is 17.0 Å². The molecule has 1 amide bonds. The van der Waals surface area contributed by atoms with E-state index in [1.54, 1.807) is 12.1 Å². The average Bonchev–Trinajstić information content (AvgIpc) is 3.01. The van der Waals surface area contributed by atoms with Crippen molar-refractivity contribution in [2.24, 2.45) is 11.1 Å². The standard InChI is InChI=1S/C17H31N3O3S2.ClH/c1-6-17(7-2,12-18)20-25(22,23)14-9-8-13(24-14)10-11-19-15(21)16(3,4)5;/h8-9,20H,6-7,10-12,18H2,1-5H3,(H,19,21);1H. The molecule has 0 fully saturated rings. The van der Waals surface area contributed by atoms with Gasteiger partial charge in [-0.25, -0.2) is 13.1 Å². The van der Waals surface area contributed by atoms with Gasteiger partial charge in [0.15, 0.2) is 0 Å². The normalized spacial score (nSPS) is 12.5. The van der Waals surface area contributed by atoms with Crippen molar-refractivity contribution in [2.75, 3.05) is 13.1 Å². The van der Waals surface area contributed by atoms with Gasteiger partial charge in [0, 0.05) is 28.9 Å². The SMILES string of the molecule is CCC(CC)(CN)NS(=O)(=O)c1ccc(CCNC(=O)C(C)(C)C)s1.Cl. The van der Waals surface area contributed by atoms with Gasteiger partial charge in [-0.05, 0) is 31.4 Å². The van der Waals surface area contributed by atoms with E-state index < -0.39 is 21.0 Å². The summed E-state index contributed by atoms with van der Waals surface area (Å²) in [7, 11) is -3.60. The largest absolute Gasteiger partial charge is 0.355 e. The fourth-order valence-corrected chi connectivity index (χ4v) is 5.17. The predicted molar refractivity (Wildman–Crippen MR) is 110 cm³/mol. The van der Waals surface area contributed by atoms with Crippen molar-refractivity contribution in [3.63, 3.8) is 0 Å². The number of carbonyl (C=O) groups excluding carboxylic acids is 1. The van der Waals surface area contributed by atoms with Crippen LogP contribution in [0.1, 0.15) is 52.3 Å². The monoisotopic (exact) mass is 425 g/mol. The van der Waals surface area contributed by atoms with Gasteiger partial charge in [0.25, 0.3) is 10.0 Å². The van der Waals surface area contributed by atoms with Crippen LogP contribution < -0.4 is 15.8 Å². The molecule has 0 aliphatic heterocycles. The Kier molecular flexibility index (Phi) is 9.77. The Hall–Kier alpha value is -0.670. The number of hydrogen-bond acceptors (Lipinski definition) is 5. The van der Waals surface area contributed by atoms with Crippen LogP contribution in [-0.4, -0.2) is 33.0 Å². The van der Waals surface area contributed by atoms with Gasteiger partial charge in [-0.2, -0.15) is 0 Å². The lowest BCUT2D eigenvalue weighted by molar-refractivity contribution is -0.128. The third kappa shape index (κ3) is 6.81. The van der Waals surface area contributed by atoms with E-state index >= 15 is 0 Å². The first-order chi connectivity index (χ1) is 11.5. The van der Waals surface area contributed by atoms with Crippen LogP contribution in [0.15, 0.2) is 16.3 Å². The van der Waals surface area contributed by atoms with E-state index in [-0.39, 0.29) is 29.1 Å². The van der Waals surface area contributed by atoms with E-state index in [1.165, 1.54) is 11.3 Å². The number of amides is 1. The van der Waals surface area contributed by atoms with E-state index in [9.17, 15) is 13.2 Å². The molecule has 1 heterocycles. The molecule has 0 aliphatic rings. The van der Waals surface area contributed by atoms with Crippen LogP contribution in [-0.2, 0) is 21.2 Å². The van der Waals surface area contributed by atoms with E-state index in [4.69, 9.17) is 5.73 Å². The fraction of sp³-hybridized carbons (Fsp3) is 0.706. The van der Waals surface area contributed by atoms with Crippen LogP contribution in [0.2, 0.25) is 0 Å². The Morgan fingerprint density at radius 3 is 2.23 bits per heavy atom. The molecular weight excluding hydrogens is 394 g/mol. The second-order valence-corrected chi connectivity index (χ2v) is 10.4. The lowest BCUT2D eigenvalue weighted by atomic mass is 9.95. The summed E-state index contributed by atoms with van der Waals surface area (Å²) in [5, 5.41) is 2.87. The molecule has 0 saturated heterocycles. The molecule has 0 spiro atoms. The topological polar surface area (TPSA) is 101 Å². The Labute approximate surface area is 167 Å². The lowest BCUT2D eigenvalue weighted by Crippen LogP contribution is -2.52. The first-order valence-corrected chi connectivity index (χ1v) is 10.9. The third-order valence-electron chi connectivity index (χ3n) is 4.34. The van der Waals surface area contributed by atoms with E-state index in [0.29, 0.717) is 25.8 Å². The van der Waals surface area contributed by atoms with Crippen LogP contribution >= 0.6 is 23.7 Å². The van der Waals surface area contributed by atoms with Crippen LogP contribution in [0.25, 0.3) is 0 Å². The van der Waals surface area contributed by atoms with Crippen molar-refractivity contribution in [1.29, 1.82) is 0 Å². The van der Waals surface area contributed by atoms with Gasteiger partial charge in [-0.1, -0.05) is 34.6 Å². The first kappa shape index (κ1) is 25.3. The number of sulfonamides is 1. The second-order valence-electron chi connectivity index (χ2n) is 7.27. The maximum atomic E-state index is 12.6. The highest BCUT2D eigenvalue weighted by Gasteiger charge is 2.31. The molecule has 0 aromatic carbocycles. The van der Waals surface area contributed by atoms with Gasteiger partial charge >= 0.3 is 0 Å². The summed E-state index contributed by atoms with van der Waals surface area (Å²) in [6.45, 7) is 10.2. The Morgan fingerprint density at radius 1 is 1.19 bits per heavy atom. The first-order valence-electron chi connectivity index (χ1n) is 8.60. The van der Waals surface area contributed by atoms with Crippen LogP contribution in [0, 0.1) is 5.41 Å². The molecule has 0 atom stereocenters. The number of nitrogens with one attached hydrogen (secondary N) is 2. The number of hydrogen-bond donors (Lipinski definition) is 3. The molecule has 26 heavy (non-hydrogen) atoms. The summed E-state index contributed by atoms with van der Waals surface area (Å²) >= 11 is 1.23. The highest BCUT2D eigenvalue weighted by molar-refractivity contribution is 7.91. The molecule has 0 aliphatic carbocycles. The van der Waals surface area contributed by atoms with Crippen LogP contribution in [0.5, 0.6) is 0 Å². The lowest BCUT2D eigenvalue weighted by Gasteiger charge is -2.30. The molecule has 0 saturated carbocycles. The zero-order valence-electron chi connectivity index (χ0n) is 16.2. The van der Waals surface area contributed by atoms with Crippen LogP contribution in [0.4, 0.5) is 0 Å². The molecule has 6 nitrogen and oxygen atoms in total. The summed E-state index contributed by atoms with van der Waals surface area (Å²) in [6, 6.07) is 3.41. The van der Waals surface area contributed by atoms with Gasteiger partial charge in [-0.15, -0.1) is 23.7 Å². The molecule has 1 aromatic heterocycles. The van der Waals surface area contributed by atoms with Crippen molar-refractivity contribution >= 4 is 39.7 Å². The molecular formula is C17H32ClN3O3S2. The average molecular weight is 426 g/mol. The van der Waals surface area contributed by atoms with Gasteiger partial charge in [0.2, 0.25) is 5.91 Å². The number of carbonyl (C=O) groups is 1. The van der Waals surface area contributed by atoms with Crippen molar-refractivity contribution in [1.82, 2.24) is 10.0 Å². The highest BCUT2D eigenvalue weighted by Crippen LogP contribution is 2.25. The molecule has 0 unspecified atom stereocenters. The molecule has 1 aromatic rings. The molecule has 1 rings (SSSR count). The van der Waals surface area contributed by atoms with E-state index in [0.717, 1.165) is 4.88 Å². The zero-order valence-corrected chi connectivity index (χ0v) is 18.7. The molecule has 4 N–H and O–H groups in total. The maximum absolute atomic E-state index is 12.6. The second kappa shape index (κ2) is 10.0. The minimum absolute atomic E-state index is 0. The summed E-state index contributed by atoms with van der Waals surface area (Å²) in [5.41, 5.74) is 4.75. The Morgan fingerprint density at radius 2 is 1.77 bits per heavy atom. The number of halogens is 1. The minimum Gasteiger partial charge on any atom is -0.355 e. The van der Waals surface area contributed by atoms with E-state index in [2.05, 4.69) is 10.0 Å². The summed E-state index contributed by atoms with van der Waals surface area (Å²) < 4.78 is 28.3. The van der Waals surface area contributed by atoms with Gasteiger partial charge in [0.05, 0.1) is 0 Å². The quantitative estimate of drug-likeness (QED) is 0.566. The number of rotatable bonds is 9. The predicted octanol–water partition coefficient (Wildman–Crippen LogP) is 2.67. The molecule has 0 bridgehead atoms. The van der Waals surface area contributed by atoms with E-state index in [1.807, 2.05) is 34.6 Å². The third-order valence-corrected chi connectivity index (χ3v) is 7.55. The molecule has 0 radical (unpaired) electrons. The molecule has 9 heteroatoms. The smallest absolute Gasteiger partial charge is 0.250 e. The van der Waals surface area contributed by atoms with Crippen molar-refractivity contribution < 1.29 is 13.2 Å². The highest BCUT2D eigenvalue weighted by atomic mass is 35.5. The minimum atomic E-state index is -3.60. The number of nitrogens with two attached hydrogens (primary N) is 1. The summed E-state index contributed by atoms with van der Waals surface area (Å²) in [5.74, 6) is -0.0165. The maximum Gasteiger partial charge on any atom is 0.250 e. The van der Waals surface area contributed by atoms with Crippen molar-refractivity contribution in [2.45, 2.75) is 63.6 Å². The van der Waals surface area contributed by atoms with Crippen molar-refractivity contribution in [3.8, 4) is 0 Å². The summed E-state index contributed by atoms with van der Waals surface area (Å²) in [4.78, 5) is 12.8. The number of thiophene rings is 1. The Balaban J connectivity index is 0.00000625. The zero-order chi connectivity index (χ0) is 19.3. The summed E-state index contributed by atoms with van der Waals surface area (Å²) in [6.07, 6.45) is 1.87. The van der Waals surface area contributed by atoms with Gasteiger partial charge < -0.3 is 11.1 Å². The van der Waals surface area contributed by atoms with Gasteiger partial charge in [0.1, 0.15) is 4.21 Å². The molecule has 152 valence electrons.